The molecule has 3 aliphatic rings. The number of nitrogens with zero attached hydrogens (tertiary/aromatic N) is 2. The first-order valence-corrected chi connectivity index (χ1v) is 14.3. The number of urea groups is 1. The summed E-state index contributed by atoms with van der Waals surface area (Å²) in [6.07, 6.45) is 4.54. The molecule has 2 saturated heterocycles. The van der Waals surface area contributed by atoms with E-state index in [1.165, 1.54) is 25.0 Å². The molecule has 0 saturated carbocycles. The van der Waals surface area contributed by atoms with Gasteiger partial charge in [-0.2, -0.15) is 0 Å². The quantitative estimate of drug-likeness (QED) is 0.339. The van der Waals surface area contributed by atoms with Crippen molar-refractivity contribution in [2.45, 2.75) is 70.1 Å². The Morgan fingerprint density at radius 2 is 1.61 bits per heavy atom. The lowest BCUT2D eigenvalue weighted by Gasteiger charge is -2.42. The second kappa shape index (κ2) is 10.0. The second-order valence-electron chi connectivity index (χ2n) is 10.8. The van der Waals surface area contributed by atoms with E-state index < -0.39 is 0 Å². The number of fused-ring (bicyclic) bond motifs is 3. The van der Waals surface area contributed by atoms with Crippen LogP contribution in [-0.4, -0.2) is 29.1 Å². The van der Waals surface area contributed by atoms with E-state index in [0.717, 1.165) is 40.8 Å². The molecule has 0 spiro atoms. The summed E-state index contributed by atoms with van der Waals surface area (Å²) >= 11 is 19.8. The summed E-state index contributed by atoms with van der Waals surface area (Å²) in [4.78, 5) is 17.6. The Morgan fingerprint density at radius 3 is 2.24 bits per heavy atom. The highest BCUT2D eigenvalue weighted by molar-refractivity contribution is 6.40. The summed E-state index contributed by atoms with van der Waals surface area (Å²) in [6, 6.07) is 15.3. The molecule has 8 heteroatoms. The maximum Gasteiger partial charge on any atom is 0.326 e. The third kappa shape index (κ3) is 4.38. The van der Waals surface area contributed by atoms with Crippen molar-refractivity contribution in [3.63, 3.8) is 0 Å². The summed E-state index contributed by atoms with van der Waals surface area (Å²) in [5.74, 6) is -0.0569. The average molecular weight is 573 g/mol. The molecule has 2 fully saturated rings. The number of piperidine rings is 1. The van der Waals surface area contributed by atoms with Gasteiger partial charge in [0, 0.05) is 35.8 Å². The van der Waals surface area contributed by atoms with Crippen molar-refractivity contribution in [2.75, 3.05) is 4.90 Å². The first-order valence-electron chi connectivity index (χ1n) is 13.1. The molecule has 2 unspecified atom stereocenters. The largest absolute Gasteiger partial charge is 0.333 e. The number of amides is 2. The van der Waals surface area contributed by atoms with Gasteiger partial charge < -0.3 is 5.32 Å². The molecular formula is C30H29Cl3FN3O. The molecule has 198 valence electrons. The highest BCUT2D eigenvalue weighted by atomic mass is 35.5. The number of carbonyl (C=O) groups is 1. The number of rotatable bonds is 4. The van der Waals surface area contributed by atoms with E-state index in [4.69, 9.17) is 34.8 Å². The summed E-state index contributed by atoms with van der Waals surface area (Å²) in [6.45, 7) is 4.87. The van der Waals surface area contributed by atoms with Crippen LogP contribution in [0.2, 0.25) is 15.1 Å². The van der Waals surface area contributed by atoms with Gasteiger partial charge in [0.25, 0.3) is 0 Å². The van der Waals surface area contributed by atoms with Gasteiger partial charge in [0.2, 0.25) is 0 Å². The van der Waals surface area contributed by atoms with E-state index in [-0.39, 0.29) is 11.8 Å². The standard InChI is InChI=1S/C30H29Cl3FN3O/c1-16(2)36-20-7-8-21(36)11-17(10-20)18-12-23(22-9-6-19(34)14-27(22)33)24-15-35-30(38)37(28(24)13-18)29-25(31)4-3-5-26(29)32/h3-6,9,12-14,16-17,20-21H,7-8,10-11,15H2,1-2H3,(H,35,38). The lowest BCUT2D eigenvalue weighted by atomic mass is 9.81. The zero-order valence-electron chi connectivity index (χ0n) is 21.3. The number of hydrogen-bond acceptors (Lipinski definition) is 2. The Hall–Kier alpha value is -2.31. The lowest BCUT2D eigenvalue weighted by Crippen LogP contribution is -2.46. The average Bonchev–Trinajstić information content (AvgIpc) is 3.14. The Morgan fingerprint density at radius 1 is 0.921 bits per heavy atom. The molecule has 3 aliphatic heterocycles. The molecule has 0 aliphatic carbocycles. The molecule has 3 heterocycles. The minimum absolute atomic E-state index is 0.296. The van der Waals surface area contributed by atoms with E-state index in [0.29, 0.717) is 51.3 Å². The fourth-order valence-electron chi connectivity index (χ4n) is 6.85. The summed E-state index contributed by atoms with van der Waals surface area (Å²) in [5.41, 5.74) is 4.83. The fraction of sp³-hybridized carbons (Fsp3) is 0.367. The van der Waals surface area contributed by atoms with Gasteiger partial charge in [-0.3, -0.25) is 9.80 Å². The van der Waals surface area contributed by atoms with Crippen LogP contribution in [0.3, 0.4) is 0 Å². The zero-order chi connectivity index (χ0) is 26.7. The molecular weight excluding hydrogens is 544 g/mol. The van der Waals surface area contributed by atoms with Gasteiger partial charge in [-0.25, -0.2) is 9.18 Å². The molecule has 3 aromatic rings. The van der Waals surface area contributed by atoms with Crippen molar-refractivity contribution < 1.29 is 9.18 Å². The van der Waals surface area contributed by atoms with Gasteiger partial charge in [0.1, 0.15) is 5.82 Å². The normalized spacial score (nSPS) is 23.1. The molecule has 2 amide bonds. The van der Waals surface area contributed by atoms with Crippen molar-refractivity contribution in [3.8, 4) is 11.1 Å². The van der Waals surface area contributed by atoms with Crippen LogP contribution in [0.5, 0.6) is 0 Å². The van der Waals surface area contributed by atoms with Crippen molar-refractivity contribution in [2.24, 2.45) is 0 Å². The van der Waals surface area contributed by atoms with Gasteiger partial charge in [-0.15, -0.1) is 0 Å². The third-order valence-corrected chi connectivity index (χ3v) is 9.27. The molecule has 38 heavy (non-hydrogen) atoms. The van der Waals surface area contributed by atoms with Gasteiger partial charge in [-0.05, 0) is 93.0 Å². The highest BCUT2D eigenvalue weighted by Crippen LogP contribution is 2.49. The molecule has 1 N–H and O–H groups in total. The minimum Gasteiger partial charge on any atom is -0.333 e. The van der Waals surface area contributed by atoms with Crippen molar-refractivity contribution in [3.05, 3.63) is 80.5 Å². The number of halogens is 4. The fourth-order valence-corrected chi connectivity index (χ4v) is 7.69. The van der Waals surface area contributed by atoms with Crippen LogP contribution in [0.15, 0.2) is 48.5 Å². The van der Waals surface area contributed by atoms with E-state index in [9.17, 15) is 9.18 Å². The van der Waals surface area contributed by atoms with E-state index in [1.807, 2.05) is 0 Å². The maximum atomic E-state index is 14.0. The van der Waals surface area contributed by atoms with Crippen LogP contribution in [0.25, 0.3) is 11.1 Å². The molecule has 2 atom stereocenters. The molecule has 0 aromatic heterocycles. The minimum atomic E-state index is -0.390. The highest BCUT2D eigenvalue weighted by Gasteiger charge is 2.42. The molecule has 3 aromatic carbocycles. The maximum absolute atomic E-state index is 14.0. The Labute approximate surface area is 237 Å². The van der Waals surface area contributed by atoms with Crippen LogP contribution >= 0.6 is 34.8 Å². The molecule has 6 rings (SSSR count). The van der Waals surface area contributed by atoms with Crippen molar-refractivity contribution in [1.82, 2.24) is 10.2 Å². The van der Waals surface area contributed by atoms with Crippen LogP contribution in [0, 0.1) is 5.82 Å². The number of benzene rings is 3. The van der Waals surface area contributed by atoms with Gasteiger partial charge >= 0.3 is 6.03 Å². The molecule has 0 radical (unpaired) electrons. The number of anilines is 2. The Bertz CT molecular complexity index is 1390. The number of hydrogen-bond donors (Lipinski definition) is 1. The van der Waals surface area contributed by atoms with E-state index in [2.05, 4.69) is 36.2 Å². The van der Waals surface area contributed by atoms with Crippen LogP contribution in [0.4, 0.5) is 20.6 Å². The predicted octanol–water partition coefficient (Wildman–Crippen LogP) is 8.93. The Kier molecular flexibility index (Phi) is 6.84. The van der Waals surface area contributed by atoms with E-state index in [1.54, 1.807) is 29.2 Å². The monoisotopic (exact) mass is 571 g/mol. The van der Waals surface area contributed by atoms with Crippen LogP contribution < -0.4 is 10.2 Å². The third-order valence-electron chi connectivity index (χ3n) is 8.35. The van der Waals surface area contributed by atoms with Gasteiger partial charge in [0.05, 0.1) is 26.4 Å². The number of carbonyl (C=O) groups excluding carboxylic acids is 1. The lowest BCUT2D eigenvalue weighted by molar-refractivity contribution is 0.0925. The molecule has 2 bridgehead atoms. The van der Waals surface area contributed by atoms with Crippen molar-refractivity contribution in [1.29, 1.82) is 0 Å². The summed E-state index contributed by atoms with van der Waals surface area (Å²) in [7, 11) is 0. The van der Waals surface area contributed by atoms with Crippen LogP contribution in [0.1, 0.15) is 56.6 Å². The topological polar surface area (TPSA) is 35.6 Å². The van der Waals surface area contributed by atoms with Crippen LogP contribution in [-0.2, 0) is 6.54 Å². The smallest absolute Gasteiger partial charge is 0.326 e. The SMILES string of the molecule is CC(C)N1C2CCC1CC(c1cc(-c3ccc(F)cc3Cl)c3c(c1)N(c1c(Cl)cccc1Cl)C(=O)NC3)C2. The summed E-state index contributed by atoms with van der Waals surface area (Å²) in [5, 5.41) is 4.07. The Balaban J connectivity index is 1.54. The second-order valence-corrected chi connectivity index (χ2v) is 12.1. The first-order chi connectivity index (χ1) is 18.2. The van der Waals surface area contributed by atoms with Crippen molar-refractivity contribution >= 4 is 52.2 Å². The number of para-hydroxylation sites is 1. The first kappa shape index (κ1) is 25.9. The zero-order valence-corrected chi connectivity index (χ0v) is 23.5. The number of nitrogens with one attached hydrogen (secondary N) is 1. The van der Waals surface area contributed by atoms with Gasteiger partial charge in [-0.1, -0.05) is 46.9 Å². The van der Waals surface area contributed by atoms with E-state index >= 15 is 0 Å². The predicted molar refractivity (Wildman–Crippen MR) is 153 cm³/mol. The van der Waals surface area contributed by atoms with Gasteiger partial charge in [0.15, 0.2) is 0 Å². The molecule has 4 nitrogen and oxygen atoms in total. The summed E-state index contributed by atoms with van der Waals surface area (Å²) < 4.78 is 14.0.